The van der Waals surface area contributed by atoms with E-state index >= 15 is 0 Å². The van der Waals surface area contributed by atoms with Gasteiger partial charge >= 0.3 is 5.97 Å². The first-order valence-corrected chi connectivity index (χ1v) is 6.40. The number of hydrogen-bond acceptors (Lipinski definition) is 4. The van der Waals surface area contributed by atoms with Gasteiger partial charge in [-0.1, -0.05) is 12.8 Å². The number of carboxylic acids is 1. The van der Waals surface area contributed by atoms with Crippen LogP contribution in [0.25, 0.3) is 0 Å². The van der Waals surface area contributed by atoms with E-state index in [1.807, 2.05) is 0 Å². The maximum atomic E-state index is 12.1. The number of carbonyl (C=O) groups is 2. The maximum Gasteiger partial charge on any atom is 0.326 e. The highest BCUT2D eigenvalue weighted by Crippen LogP contribution is 2.31. The van der Waals surface area contributed by atoms with E-state index in [1.165, 1.54) is 4.90 Å². The molecular weight excluding hydrogens is 236 g/mol. The Balaban J connectivity index is 2.01. The summed E-state index contributed by atoms with van der Waals surface area (Å²) in [4.78, 5) is 24.4. The molecule has 4 N–H and O–H groups in total. The van der Waals surface area contributed by atoms with Gasteiger partial charge < -0.3 is 20.8 Å². The van der Waals surface area contributed by atoms with Crippen LogP contribution in [0.2, 0.25) is 0 Å². The van der Waals surface area contributed by atoms with Gasteiger partial charge in [-0.15, -0.1) is 0 Å². The van der Waals surface area contributed by atoms with Gasteiger partial charge in [-0.3, -0.25) is 4.79 Å². The third-order valence-corrected chi connectivity index (χ3v) is 3.99. The summed E-state index contributed by atoms with van der Waals surface area (Å²) < 4.78 is 0. The summed E-state index contributed by atoms with van der Waals surface area (Å²) in [5.41, 5.74) is 5.65. The smallest absolute Gasteiger partial charge is 0.326 e. The second-order valence-corrected chi connectivity index (χ2v) is 5.54. The Labute approximate surface area is 106 Å². The average Bonchev–Trinajstić information content (AvgIpc) is 2.85. The molecule has 0 bridgehead atoms. The van der Waals surface area contributed by atoms with Crippen LogP contribution in [-0.2, 0) is 9.59 Å². The molecule has 1 saturated carbocycles. The lowest BCUT2D eigenvalue weighted by atomic mass is 9.94. The van der Waals surface area contributed by atoms with Crippen LogP contribution in [0, 0.1) is 0 Å². The fourth-order valence-electron chi connectivity index (χ4n) is 2.98. The van der Waals surface area contributed by atoms with Crippen LogP contribution < -0.4 is 5.73 Å². The highest BCUT2D eigenvalue weighted by atomic mass is 16.4. The molecule has 6 heteroatoms. The van der Waals surface area contributed by atoms with Gasteiger partial charge in [0.25, 0.3) is 0 Å². The molecule has 6 nitrogen and oxygen atoms in total. The van der Waals surface area contributed by atoms with Gasteiger partial charge in [0.05, 0.1) is 6.10 Å². The molecule has 2 rings (SSSR count). The van der Waals surface area contributed by atoms with Crippen LogP contribution in [0.3, 0.4) is 0 Å². The monoisotopic (exact) mass is 256 g/mol. The van der Waals surface area contributed by atoms with Crippen molar-refractivity contribution in [2.75, 3.05) is 6.54 Å². The molecule has 18 heavy (non-hydrogen) atoms. The van der Waals surface area contributed by atoms with Gasteiger partial charge in [-0.2, -0.15) is 0 Å². The van der Waals surface area contributed by atoms with Crippen molar-refractivity contribution >= 4 is 11.9 Å². The van der Waals surface area contributed by atoms with Crippen LogP contribution in [0.4, 0.5) is 0 Å². The second kappa shape index (κ2) is 4.85. The molecule has 2 aliphatic rings. The minimum Gasteiger partial charge on any atom is -0.480 e. The molecule has 0 spiro atoms. The van der Waals surface area contributed by atoms with Crippen molar-refractivity contribution in [3.63, 3.8) is 0 Å². The average molecular weight is 256 g/mol. The molecule has 0 radical (unpaired) electrons. The predicted octanol–water partition coefficient (Wildman–Crippen LogP) is -0.306. The molecule has 0 aromatic rings. The minimum absolute atomic E-state index is 0.103. The Morgan fingerprint density at radius 3 is 2.50 bits per heavy atom. The number of aliphatic hydroxyl groups is 1. The van der Waals surface area contributed by atoms with Crippen molar-refractivity contribution in [2.45, 2.75) is 56.2 Å². The molecule has 1 amide bonds. The number of nitrogens with zero attached hydrogens (tertiary/aromatic N) is 1. The highest BCUT2D eigenvalue weighted by molar-refractivity contribution is 5.85. The number of hydrogen-bond donors (Lipinski definition) is 3. The van der Waals surface area contributed by atoms with Crippen LogP contribution >= 0.6 is 0 Å². The molecular formula is C12H20N2O4. The minimum atomic E-state index is -1.06. The molecule has 0 aromatic carbocycles. The van der Waals surface area contributed by atoms with E-state index in [2.05, 4.69) is 0 Å². The normalized spacial score (nSPS) is 30.7. The fraction of sp³-hybridized carbons (Fsp3) is 0.833. The molecule has 1 saturated heterocycles. The molecule has 0 aromatic heterocycles. The molecule has 2 atom stereocenters. The Hall–Kier alpha value is -1.14. The summed E-state index contributed by atoms with van der Waals surface area (Å²) in [7, 11) is 0. The quantitative estimate of drug-likeness (QED) is 0.643. The van der Waals surface area contributed by atoms with Crippen molar-refractivity contribution in [1.82, 2.24) is 4.90 Å². The van der Waals surface area contributed by atoms with Gasteiger partial charge in [0, 0.05) is 24.9 Å². The summed E-state index contributed by atoms with van der Waals surface area (Å²) in [6, 6.07) is -0.905. The van der Waals surface area contributed by atoms with Crippen LogP contribution in [0.15, 0.2) is 0 Å². The van der Waals surface area contributed by atoms with E-state index in [1.54, 1.807) is 0 Å². The lowest BCUT2D eigenvalue weighted by Crippen LogP contribution is -2.47. The van der Waals surface area contributed by atoms with Gasteiger partial charge in [-0.05, 0) is 12.8 Å². The number of likely N-dealkylation sites (tertiary alicyclic amines) is 1. The topological polar surface area (TPSA) is 104 Å². The van der Waals surface area contributed by atoms with Crippen molar-refractivity contribution < 1.29 is 19.8 Å². The largest absolute Gasteiger partial charge is 0.480 e. The molecule has 1 aliphatic heterocycles. The van der Waals surface area contributed by atoms with E-state index < -0.39 is 23.7 Å². The number of carboxylic acid groups (broad SMARTS) is 1. The molecule has 0 unspecified atom stereocenters. The second-order valence-electron chi connectivity index (χ2n) is 5.54. The first-order chi connectivity index (χ1) is 8.41. The third kappa shape index (κ3) is 2.64. The van der Waals surface area contributed by atoms with Crippen molar-refractivity contribution in [3.05, 3.63) is 0 Å². The lowest BCUT2D eigenvalue weighted by Gasteiger charge is -2.28. The van der Waals surface area contributed by atoms with Gasteiger partial charge in [0.2, 0.25) is 5.91 Å². The van der Waals surface area contributed by atoms with Gasteiger partial charge in [0.1, 0.15) is 6.04 Å². The summed E-state index contributed by atoms with van der Waals surface area (Å²) in [6.45, 7) is 0.103. The van der Waals surface area contributed by atoms with Gasteiger partial charge in [0.15, 0.2) is 0 Å². The fourth-order valence-corrected chi connectivity index (χ4v) is 2.98. The molecule has 1 heterocycles. The third-order valence-electron chi connectivity index (χ3n) is 3.99. The van der Waals surface area contributed by atoms with E-state index in [0.717, 1.165) is 25.7 Å². The van der Waals surface area contributed by atoms with E-state index in [4.69, 9.17) is 10.8 Å². The van der Waals surface area contributed by atoms with Crippen molar-refractivity contribution in [2.24, 2.45) is 5.73 Å². The van der Waals surface area contributed by atoms with E-state index in [-0.39, 0.29) is 25.3 Å². The Bertz CT molecular complexity index is 352. The Morgan fingerprint density at radius 2 is 1.94 bits per heavy atom. The predicted molar refractivity (Wildman–Crippen MR) is 63.8 cm³/mol. The first kappa shape index (κ1) is 13.3. The maximum absolute atomic E-state index is 12.1. The number of nitrogens with two attached hydrogens (primary N) is 1. The molecule has 1 aliphatic carbocycles. The number of carbonyl (C=O) groups excluding carboxylic acids is 1. The first-order valence-electron chi connectivity index (χ1n) is 6.40. The van der Waals surface area contributed by atoms with Crippen LogP contribution in [0.1, 0.15) is 38.5 Å². The number of β-amino-alcohol motifs (C(OH)–C–C–N with tert-alkyl or cyclic N) is 1. The van der Waals surface area contributed by atoms with Crippen LogP contribution in [0.5, 0.6) is 0 Å². The lowest BCUT2D eigenvalue weighted by molar-refractivity contribution is -0.148. The Kier molecular flexibility index (Phi) is 3.59. The number of aliphatic hydroxyl groups excluding tert-OH is 1. The molecule has 102 valence electrons. The van der Waals surface area contributed by atoms with E-state index in [0.29, 0.717) is 0 Å². The highest BCUT2D eigenvalue weighted by Gasteiger charge is 2.41. The van der Waals surface area contributed by atoms with Crippen molar-refractivity contribution in [1.29, 1.82) is 0 Å². The number of rotatable bonds is 3. The zero-order valence-electron chi connectivity index (χ0n) is 10.3. The number of aliphatic carboxylic acids is 1. The summed E-state index contributed by atoms with van der Waals surface area (Å²) >= 11 is 0. The van der Waals surface area contributed by atoms with Crippen LogP contribution in [-0.4, -0.2) is 51.2 Å². The van der Waals surface area contributed by atoms with Gasteiger partial charge in [-0.25, -0.2) is 4.79 Å². The summed E-state index contributed by atoms with van der Waals surface area (Å²) in [5, 5.41) is 18.5. The standard InChI is InChI=1S/C12H20N2O4/c13-12(3-1-2-4-12)6-10(16)14-7-8(15)5-9(14)11(17)18/h8-9,15H,1-7,13H2,(H,17,18)/t8-,9+/m1/s1. The zero-order valence-corrected chi connectivity index (χ0v) is 10.3. The summed E-state index contributed by atoms with van der Waals surface area (Å²) in [5.74, 6) is -1.30. The van der Waals surface area contributed by atoms with Crippen molar-refractivity contribution in [3.8, 4) is 0 Å². The van der Waals surface area contributed by atoms with E-state index in [9.17, 15) is 14.7 Å². The zero-order chi connectivity index (χ0) is 13.3. The number of amides is 1. The molecule has 2 fully saturated rings. The summed E-state index contributed by atoms with van der Waals surface area (Å²) in [6.07, 6.45) is 3.22. The SMILES string of the molecule is NC1(CC(=O)N2C[C@H](O)C[C@H]2C(=O)O)CCCC1. The Morgan fingerprint density at radius 1 is 1.33 bits per heavy atom.